The first-order valence-electron chi connectivity index (χ1n) is 7.52. The van der Waals surface area contributed by atoms with Crippen LogP contribution in [0.1, 0.15) is 53.4 Å². The lowest BCUT2D eigenvalue weighted by Gasteiger charge is -2.22. The van der Waals surface area contributed by atoms with Gasteiger partial charge in [-0.25, -0.2) is 0 Å². The van der Waals surface area contributed by atoms with E-state index < -0.39 is 0 Å². The summed E-state index contributed by atoms with van der Waals surface area (Å²) in [5.74, 6) is 0.657. The van der Waals surface area contributed by atoms with E-state index in [1.165, 1.54) is 5.57 Å². The Morgan fingerprint density at radius 3 is 2.79 bits per heavy atom. The van der Waals surface area contributed by atoms with Crippen LogP contribution in [0.15, 0.2) is 11.6 Å². The average Bonchev–Trinajstić information content (AvgIpc) is 2.27. The fraction of sp³-hybridized carbons (Fsp3) is 0.812. The third kappa shape index (κ3) is 8.04. The highest BCUT2D eigenvalue weighted by Gasteiger charge is 2.17. The Morgan fingerprint density at radius 1 is 1.47 bits per heavy atom. The van der Waals surface area contributed by atoms with E-state index in [1.807, 2.05) is 0 Å². The lowest BCUT2D eigenvalue weighted by Crippen LogP contribution is -2.28. The average molecular weight is 266 g/mol. The van der Waals surface area contributed by atoms with E-state index in [9.17, 15) is 4.79 Å². The predicted octanol–water partition coefficient (Wildman–Crippen LogP) is 2.87. The van der Waals surface area contributed by atoms with Gasteiger partial charge in [-0.2, -0.15) is 0 Å². The zero-order valence-electron chi connectivity index (χ0n) is 13.0. The van der Waals surface area contributed by atoms with Gasteiger partial charge in [0.05, 0.1) is 0 Å². The van der Waals surface area contributed by atoms with Crippen molar-refractivity contribution in [2.24, 2.45) is 11.3 Å². The molecule has 0 aromatic heterocycles. The van der Waals surface area contributed by atoms with E-state index in [0.29, 0.717) is 17.8 Å². The van der Waals surface area contributed by atoms with E-state index in [0.717, 1.165) is 38.9 Å². The molecule has 3 nitrogen and oxygen atoms in total. The number of hydrogen-bond donors (Lipinski definition) is 2. The number of carbonyl (C=O) groups is 1. The molecule has 0 fully saturated rings. The standard InChI is InChI=1S/C16H30N2O/c1-13(12-16(2,3)4)11-15(19)18-10-7-14-5-8-17-9-6-14/h5,13,17H,6-12H2,1-4H3,(H,18,19). The van der Waals surface area contributed by atoms with Gasteiger partial charge in [-0.15, -0.1) is 0 Å². The Hall–Kier alpha value is -0.830. The molecule has 0 radical (unpaired) electrons. The molecule has 0 saturated heterocycles. The van der Waals surface area contributed by atoms with Crippen molar-refractivity contribution < 1.29 is 4.79 Å². The zero-order valence-corrected chi connectivity index (χ0v) is 13.0. The van der Waals surface area contributed by atoms with Gasteiger partial charge in [0.1, 0.15) is 0 Å². The molecule has 1 heterocycles. The van der Waals surface area contributed by atoms with Gasteiger partial charge in [-0.05, 0) is 37.1 Å². The van der Waals surface area contributed by atoms with Crippen LogP contribution >= 0.6 is 0 Å². The molecule has 1 rings (SSSR count). The minimum Gasteiger partial charge on any atom is -0.356 e. The van der Waals surface area contributed by atoms with Crippen LogP contribution in [0.5, 0.6) is 0 Å². The summed E-state index contributed by atoms with van der Waals surface area (Å²) in [4.78, 5) is 11.8. The van der Waals surface area contributed by atoms with Gasteiger partial charge < -0.3 is 10.6 Å². The Labute approximate surface area is 118 Å². The Morgan fingerprint density at radius 2 is 2.21 bits per heavy atom. The van der Waals surface area contributed by atoms with Crippen molar-refractivity contribution in [2.45, 2.75) is 53.4 Å². The number of rotatable bonds is 6. The second kappa shape index (κ2) is 7.68. The summed E-state index contributed by atoms with van der Waals surface area (Å²) in [6.07, 6.45) is 6.12. The third-order valence-corrected chi connectivity index (χ3v) is 3.42. The monoisotopic (exact) mass is 266 g/mol. The molecule has 2 N–H and O–H groups in total. The normalized spacial score (nSPS) is 17.8. The van der Waals surface area contributed by atoms with Crippen molar-refractivity contribution in [1.29, 1.82) is 0 Å². The van der Waals surface area contributed by atoms with Crippen LogP contribution in [-0.4, -0.2) is 25.5 Å². The van der Waals surface area contributed by atoms with Crippen LogP contribution in [0.3, 0.4) is 0 Å². The summed E-state index contributed by atoms with van der Waals surface area (Å²) < 4.78 is 0. The molecule has 3 heteroatoms. The van der Waals surface area contributed by atoms with Crippen LogP contribution < -0.4 is 10.6 Å². The summed E-state index contributed by atoms with van der Waals surface area (Å²) >= 11 is 0. The minimum atomic E-state index is 0.200. The quantitative estimate of drug-likeness (QED) is 0.726. The maximum Gasteiger partial charge on any atom is 0.220 e. The Bertz CT molecular complexity index is 315. The molecule has 1 unspecified atom stereocenters. The predicted molar refractivity (Wildman–Crippen MR) is 81.0 cm³/mol. The fourth-order valence-corrected chi connectivity index (χ4v) is 2.77. The highest BCUT2D eigenvalue weighted by Crippen LogP contribution is 2.25. The molecule has 1 amide bonds. The van der Waals surface area contributed by atoms with Gasteiger partial charge in [0.15, 0.2) is 0 Å². The second-order valence-electron chi connectivity index (χ2n) is 6.99. The van der Waals surface area contributed by atoms with Crippen molar-refractivity contribution in [3.63, 3.8) is 0 Å². The van der Waals surface area contributed by atoms with E-state index in [2.05, 4.69) is 44.4 Å². The van der Waals surface area contributed by atoms with E-state index in [1.54, 1.807) is 0 Å². The number of carbonyl (C=O) groups excluding carboxylic acids is 1. The highest BCUT2D eigenvalue weighted by atomic mass is 16.1. The Balaban J connectivity index is 2.15. The molecular formula is C16H30N2O. The van der Waals surface area contributed by atoms with Gasteiger partial charge in [0, 0.05) is 19.5 Å². The lowest BCUT2D eigenvalue weighted by molar-refractivity contribution is -0.122. The topological polar surface area (TPSA) is 41.1 Å². The third-order valence-electron chi connectivity index (χ3n) is 3.42. The molecule has 0 aliphatic carbocycles. The van der Waals surface area contributed by atoms with Crippen LogP contribution in [-0.2, 0) is 4.79 Å². The summed E-state index contributed by atoms with van der Waals surface area (Å²) in [7, 11) is 0. The SMILES string of the molecule is CC(CC(=O)NCCC1=CCNCC1)CC(C)(C)C. The molecule has 0 aromatic carbocycles. The molecule has 1 aliphatic heterocycles. The first-order chi connectivity index (χ1) is 8.87. The molecular weight excluding hydrogens is 236 g/mol. The molecule has 1 aliphatic rings. The molecule has 0 saturated carbocycles. The smallest absolute Gasteiger partial charge is 0.220 e. The summed E-state index contributed by atoms with van der Waals surface area (Å²) in [5, 5.41) is 6.34. The van der Waals surface area contributed by atoms with Crippen molar-refractivity contribution in [3.8, 4) is 0 Å². The van der Waals surface area contributed by atoms with Crippen molar-refractivity contribution in [1.82, 2.24) is 10.6 Å². The number of nitrogens with one attached hydrogen (secondary N) is 2. The van der Waals surface area contributed by atoms with Crippen molar-refractivity contribution >= 4 is 5.91 Å². The largest absolute Gasteiger partial charge is 0.356 e. The maximum atomic E-state index is 11.8. The van der Waals surface area contributed by atoms with E-state index in [4.69, 9.17) is 0 Å². The van der Waals surface area contributed by atoms with Gasteiger partial charge in [-0.3, -0.25) is 4.79 Å². The summed E-state index contributed by atoms with van der Waals surface area (Å²) in [6, 6.07) is 0. The maximum absolute atomic E-state index is 11.8. The van der Waals surface area contributed by atoms with Gasteiger partial charge in [0.25, 0.3) is 0 Å². The van der Waals surface area contributed by atoms with Crippen LogP contribution in [0.4, 0.5) is 0 Å². The number of hydrogen-bond acceptors (Lipinski definition) is 2. The van der Waals surface area contributed by atoms with Gasteiger partial charge in [-0.1, -0.05) is 39.3 Å². The number of amides is 1. The van der Waals surface area contributed by atoms with Crippen LogP contribution in [0.25, 0.3) is 0 Å². The Kier molecular flexibility index (Phi) is 6.56. The van der Waals surface area contributed by atoms with Gasteiger partial charge in [0.2, 0.25) is 5.91 Å². The fourth-order valence-electron chi connectivity index (χ4n) is 2.77. The van der Waals surface area contributed by atoms with E-state index >= 15 is 0 Å². The molecule has 0 aromatic rings. The zero-order chi connectivity index (χ0) is 14.3. The molecule has 19 heavy (non-hydrogen) atoms. The highest BCUT2D eigenvalue weighted by molar-refractivity contribution is 5.76. The lowest BCUT2D eigenvalue weighted by atomic mass is 9.84. The second-order valence-corrected chi connectivity index (χ2v) is 6.99. The molecule has 0 bridgehead atoms. The first-order valence-corrected chi connectivity index (χ1v) is 7.52. The molecule has 110 valence electrons. The van der Waals surface area contributed by atoms with E-state index in [-0.39, 0.29) is 5.91 Å². The van der Waals surface area contributed by atoms with Crippen molar-refractivity contribution in [2.75, 3.05) is 19.6 Å². The molecule has 0 spiro atoms. The van der Waals surface area contributed by atoms with Gasteiger partial charge >= 0.3 is 0 Å². The minimum absolute atomic E-state index is 0.200. The summed E-state index contributed by atoms with van der Waals surface area (Å²) in [6.45, 7) is 11.7. The van der Waals surface area contributed by atoms with Crippen LogP contribution in [0.2, 0.25) is 0 Å². The molecule has 1 atom stereocenters. The van der Waals surface area contributed by atoms with Crippen molar-refractivity contribution in [3.05, 3.63) is 11.6 Å². The van der Waals surface area contributed by atoms with Crippen LogP contribution in [0, 0.1) is 11.3 Å². The summed E-state index contributed by atoms with van der Waals surface area (Å²) in [5.41, 5.74) is 1.78. The first kappa shape index (κ1) is 16.2.